The van der Waals surface area contributed by atoms with E-state index in [4.69, 9.17) is 5.73 Å². The SMILES string of the molecule is Bc1c(O)c(O)c(-c2cc(N)cc(-c3c(O)c(C)c(C)c(O)c3O)c2)c(O)c1O. The van der Waals surface area contributed by atoms with Crippen molar-refractivity contribution in [2.24, 2.45) is 0 Å². The number of rotatable bonds is 2. The van der Waals surface area contributed by atoms with E-state index >= 15 is 0 Å². The Morgan fingerprint density at radius 2 is 0.966 bits per heavy atom. The van der Waals surface area contributed by atoms with Gasteiger partial charge in [0, 0.05) is 16.7 Å². The smallest absolute Gasteiger partial charge is 0.169 e. The van der Waals surface area contributed by atoms with Crippen LogP contribution in [0.3, 0.4) is 0 Å². The quantitative estimate of drug-likeness (QED) is 0.139. The second-order valence-corrected chi connectivity index (χ2v) is 6.91. The third-order valence-electron chi connectivity index (χ3n) is 5.14. The molecule has 3 rings (SSSR count). The van der Waals surface area contributed by atoms with Crippen molar-refractivity contribution in [2.75, 3.05) is 5.73 Å². The Labute approximate surface area is 166 Å². The Morgan fingerprint density at radius 1 is 0.586 bits per heavy atom. The molecule has 0 aliphatic carbocycles. The number of benzene rings is 3. The average molecular weight is 397 g/mol. The summed E-state index contributed by atoms with van der Waals surface area (Å²) in [7, 11) is 1.31. The van der Waals surface area contributed by atoms with E-state index in [9.17, 15) is 35.7 Å². The Bertz CT molecular complexity index is 1030. The van der Waals surface area contributed by atoms with Gasteiger partial charge in [-0.3, -0.25) is 0 Å². The molecule has 9 N–H and O–H groups in total. The molecule has 150 valence electrons. The van der Waals surface area contributed by atoms with Crippen molar-refractivity contribution in [1.29, 1.82) is 0 Å². The maximum atomic E-state index is 10.5. The van der Waals surface area contributed by atoms with Crippen LogP contribution < -0.4 is 11.2 Å². The summed E-state index contributed by atoms with van der Waals surface area (Å²) < 4.78 is 0. The fourth-order valence-corrected chi connectivity index (χ4v) is 3.25. The minimum Gasteiger partial charge on any atom is -0.507 e. The lowest BCUT2D eigenvalue weighted by Crippen LogP contribution is -2.05. The summed E-state index contributed by atoms with van der Waals surface area (Å²) in [4.78, 5) is 0. The molecule has 0 bridgehead atoms. The number of aromatic hydroxyl groups is 7. The summed E-state index contributed by atoms with van der Waals surface area (Å²) in [5.74, 6) is -3.84. The third kappa shape index (κ3) is 2.87. The lowest BCUT2D eigenvalue weighted by Gasteiger charge is -2.17. The molecule has 29 heavy (non-hydrogen) atoms. The molecule has 0 aliphatic rings. The number of nitrogen functional groups attached to an aromatic ring is 1. The van der Waals surface area contributed by atoms with Crippen LogP contribution in [0.25, 0.3) is 22.3 Å². The van der Waals surface area contributed by atoms with E-state index < -0.39 is 34.5 Å². The van der Waals surface area contributed by atoms with E-state index in [-0.39, 0.29) is 39.2 Å². The van der Waals surface area contributed by atoms with Crippen LogP contribution in [-0.4, -0.2) is 43.6 Å². The molecule has 0 spiro atoms. The normalized spacial score (nSPS) is 11.0. The highest BCUT2D eigenvalue weighted by atomic mass is 16.3. The standard InChI is InChI=1S/C20H20BNO7/c1-6-7(2)15(24)16(25)11(14(6)23)8-3-9(5-10(22)4-8)12-17(26)19(28)13(21)20(29)18(12)27/h3-5,23-29H,21-22H2,1-2H3. The molecule has 0 radical (unpaired) electrons. The van der Waals surface area contributed by atoms with Crippen molar-refractivity contribution >= 4 is 19.0 Å². The van der Waals surface area contributed by atoms with E-state index in [1.807, 2.05) is 0 Å². The summed E-state index contributed by atoms with van der Waals surface area (Å²) >= 11 is 0. The molecule has 0 fully saturated rings. The van der Waals surface area contributed by atoms with Gasteiger partial charge in [-0.2, -0.15) is 0 Å². The average Bonchev–Trinajstić information content (AvgIpc) is 2.67. The number of hydrogen-bond donors (Lipinski definition) is 8. The number of nitrogens with two attached hydrogens (primary N) is 1. The van der Waals surface area contributed by atoms with Crippen LogP contribution in [0.4, 0.5) is 5.69 Å². The van der Waals surface area contributed by atoms with Gasteiger partial charge in [0.25, 0.3) is 0 Å². The van der Waals surface area contributed by atoms with Gasteiger partial charge < -0.3 is 41.5 Å². The molecule has 0 aliphatic heterocycles. The zero-order valence-electron chi connectivity index (χ0n) is 15.9. The summed E-state index contributed by atoms with van der Waals surface area (Å²) in [5.41, 5.74) is 6.48. The van der Waals surface area contributed by atoms with E-state index in [2.05, 4.69) is 0 Å². The highest BCUT2D eigenvalue weighted by molar-refractivity contribution is 6.37. The van der Waals surface area contributed by atoms with Crippen molar-refractivity contribution < 1.29 is 35.7 Å². The molecule has 0 unspecified atom stereocenters. The van der Waals surface area contributed by atoms with Gasteiger partial charge in [-0.15, -0.1) is 0 Å². The summed E-state index contributed by atoms with van der Waals surface area (Å²) in [6, 6.07) is 4.14. The first-order chi connectivity index (χ1) is 13.5. The Balaban J connectivity index is 2.37. The van der Waals surface area contributed by atoms with Gasteiger partial charge in [0.15, 0.2) is 34.5 Å². The van der Waals surface area contributed by atoms with Gasteiger partial charge in [-0.1, -0.05) is 0 Å². The zero-order valence-corrected chi connectivity index (χ0v) is 15.9. The number of phenolic OH excluding ortho intramolecular Hbond substituents is 7. The third-order valence-corrected chi connectivity index (χ3v) is 5.14. The highest BCUT2D eigenvalue weighted by Crippen LogP contribution is 2.51. The predicted octanol–water partition coefficient (Wildman–Crippen LogP) is 1.42. The van der Waals surface area contributed by atoms with Crippen molar-refractivity contribution in [3.05, 3.63) is 29.3 Å². The summed E-state index contributed by atoms with van der Waals surface area (Å²) in [6.07, 6.45) is 0. The van der Waals surface area contributed by atoms with Crippen molar-refractivity contribution in [3.8, 4) is 62.5 Å². The van der Waals surface area contributed by atoms with Crippen LogP contribution in [-0.2, 0) is 0 Å². The highest BCUT2D eigenvalue weighted by Gasteiger charge is 2.25. The molecule has 3 aromatic carbocycles. The fraction of sp³-hybridized carbons (Fsp3) is 0.100. The Hall–Kier alpha value is -3.88. The van der Waals surface area contributed by atoms with Crippen molar-refractivity contribution in [3.63, 3.8) is 0 Å². The first-order valence-electron chi connectivity index (χ1n) is 8.59. The second kappa shape index (κ2) is 6.63. The largest absolute Gasteiger partial charge is 0.507 e. The fourth-order valence-electron chi connectivity index (χ4n) is 3.25. The molecule has 0 saturated heterocycles. The van der Waals surface area contributed by atoms with Crippen LogP contribution in [0, 0.1) is 13.8 Å². The number of anilines is 1. The topological polar surface area (TPSA) is 168 Å². The molecule has 0 amide bonds. The molecule has 0 atom stereocenters. The van der Waals surface area contributed by atoms with E-state index in [0.717, 1.165) is 0 Å². The van der Waals surface area contributed by atoms with Gasteiger partial charge in [0.1, 0.15) is 13.6 Å². The minimum atomic E-state index is -0.675. The zero-order chi connectivity index (χ0) is 21.8. The maximum absolute atomic E-state index is 10.5. The maximum Gasteiger partial charge on any atom is 0.169 e. The van der Waals surface area contributed by atoms with E-state index in [1.54, 1.807) is 6.92 Å². The van der Waals surface area contributed by atoms with Gasteiger partial charge in [-0.25, -0.2) is 0 Å². The second-order valence-electron chi connectivity index (χ2n) is 6.91. The lowest BCUT2D eigenvalue weighted by molar-refractivity contribution is 0.380. The minimum absolute atomic E-state index is 0.0946. The first kappa shape index (κ1) is 19.9. The summed E-state index contributed by atoms with van der Waals surface area (Å²) in [5, 5.41) is 71.8. The van der Waals surface area contributed by atoms with Crippen molar-refractivity contribution in [2.45, 2.75) is 13.8 Å². The van der Waals surface area contributed by atoms with Crippen LogP contribution in [0.5, 0.6) is 40.2 Å². The monoisotopic (exact) mass is 397 g/mol. The molecular formula is C20H20BNO7. The molecule has 0 heterocycles. The van der Waals surface area contributed by atoms with Gasteiger partial charge in [0.2, 0.25) is 0 Å². The molecule has 0 saturated carbocycles. The predicted molar refractivity (Wildman–Crippen MR) is 111 cm³/mol. The van der Waals surface area contributed by atoms with Gasteiger partial charge in [-0.05, 0) is 48.7 Å². The number of phenols is 7. The number of hydrogen-bond acceptors (Lipinski definition) is 8. The van der Waals surface area contributed by atoms with Crippen LogP contribution in [0.1, 0.15) is 11.1 Å². The van der Waals surface area contributed by atoms with E-state index in [0.29, 0.717) is 11.1 Å². The Morgan fingerprint density at radius 3 is 1.45 bits per heavy atom. The van der Waals surface area contributed by atoms with Crippen molar-refractivity contribution in [1.82, 2.24) is 0 Å². The van der Waals surface area contributed by atoms with Gasteiger partial charge >= 0.3 is 0 Å². The molecule has 3 aromatic rings. The van der Waals surface area contributed by atoms with Crippen LogP contribution >= 0.6 is 0 Å². The summed E-state index contributed by atoms with van der Waals surface area (Å²) in [6.45, 7) is 3.10. The molecule has 0 aromatic heterocycles. The van der Waals surface area contributed by atoms with Crippen LogP contribution in [0.15, 0.2) is 18.2 Å². The Kier molecular flexibility index (Phi) is 4.54. The van der Waals surface area contributed by atoms with E-state index in [1.165, 1.54) is 33.0 Å². The molecule has 8 nitrogen and oxygen atoms in total. The lowest BCUT2D eigenvalue weighted by atomic mass is 9.88. The first-order valence-corrected chi connectivity index (χ1v) is 8.59. The van der Waals surface area contributed by atoms with Crippen LogP contribution in [0.2, 0.25) is 0 Å². The van der Waals surface area contributed by atoms with Gasteiger partial charge in [0.05, 0.1) is 11.1 Å². The molecular weight excluding hydrogens is 377 g/mol. The molecule has 9 heteroatoms.